The number of aromatic carboxylic acids is 4. The van der Waals surface area contributed by atoms with E-state index < -0.39 is 29.6 Å². The molecule has 0 spiro atoms. The first kappa shape index (κ1) is 35.2. The predicted octanol–water partition coefficient (Wildman–Crippen LogP) is 7.18. The van der Waals surface area contributed by atoms with E-state index in [4.69, 9.17) is 46.7 Å². The fraction of sp³-hybridized carbons (Fsp3) is 0.147. The first-order valence-corrected chi connectivity index (χ1v) is 13.8. The standard InChI is InChI=1S/C17H14N4O4.C17H10N2O4/c1-18-12-7-6-11(9-13(12)19-2)5-3-4-8-21-10-20-14(16(22)23)15(21)17(24)25;1-18-14-4-3-10(8-15(14)19-2)5-11-6-12(16(20)21)9-13(7-11)17(22)23/h6-7,9-10H,3-5,8H2,(H,22,23)(H,24,25);3-4,6-9H,5H2,(H,20,21)(H,22,23). The highest BCUT2D eigenvalue weighted by atomic mass is 16.4. The molecule has 0 bridgehead atoms. The van der Waals surface area contributed by atoms with Crippen LogP contribution in [-0.4, -0.2) is 53.9 Å². The van der Waals surface area contributed by atoms with Crippen molar-refractivity contribution in [3.63, 3.8) is 0 Å². The summed E-state index contributed by atoms with van der Waals surface area (Å²) in [5.41, 5.74) is 2.22. The topological polar surface area (TPSA) is 184 Å². The van der Waals surface area contributed by atoms with Crippen molar-refractivity contribution < 1.29 is 39.6 Å². The maximum absolute atomic E-state index is 11.2. The van der Waals surface area contributed by atoms with Crippen molar-refractivity contribution in [1.82, 2.24) is 9.55 Å². The van der Waals surface area contributed by atoms with Gasteiger partial charge in [0.05, 0.1) is 43.7 Å². The molecule has 0 aliphatic carbocycles. The number of hydrogen-bond donors (Lipinski definition) is 4. The van der Waals surface area contributed by atoms with E-state index in [1.165, 1.54) is 29.1 Å². The van der Waals surface area contributed by atoms with Crippen molar-refractivity contribution in [2.75, 3.05) is 0 Å². The van der Waals surface area contributed by atoms with E-state index in [0.29, 0.717) is 48.3 Å². The van der Waals surface area contributed by atoms with E-state index in [2.05, 4.69) is 24.4 Å². The van der Waals surface area contributed by atoms with Crippen LogP contribution >= 0.6 is 0 Å². The SMILES string of the molecule is [C-]#[N+]c1ccc(CCCCn2cnc(C(=O)O)c2C(=O)O)cc1[N+]#[C-].[C-]#[N+]c1ccc(Cc2cc(C(=O)O)cc(C(=O)O)c2)cc1[N+]#[C-]. The van der Waals surface area contributed by atoms with Gasteiger partial charge in [0.15, 0.2) is 34.1 Å². The zero-order valence-electron chi connectivity index (χ0n) is 24.9. The molecule has 3 aromatic carbocycles. The van der Waals surface area contributed by atoms with Gasteiger partial charge in [0, 0.05) is 6.54 Å². The molecule has 0 amide bonds. The van der Waals surface area contributed by atoms with Crippen LogP contribution in [0.15, 0.2) is 60.9 Å². The van der Waals surface area contributed by atoms with E-state index >= 15 is 0 Å². The van der Waals surface area contributed by atoms with Crippen molar-refractivity contribution >= 4 is 46.6 Å². The quantitative estimate of drug-likeness (QED) is 0.0970. The Bertz CT molecular complexity index is 2060. The van der Waals surface area contributed by atoms with Gasteiger partial charge >= 0.3 is 23.9 Å². The Morgan fingerprint density at radius 2 is 1.12 bits per heavy atom. The van der Waals surface area contributed by atoms with Crippen molar-refractivity contribution in [2.45, 2.75) is 32.2 Å². The molecule has 0 atom stereocenters. The molecule has 0 saturated carbocycles. The van der Waals surface area contributed by atoms with E-state index in [0.717, 1.165) is 11.6 Å². The lowest BCUT2D eigenvalue weighted by atomic mass is 9.99. The van der Waals surface area contributed by atoms with Crippen LogP contribution in [0.2, 0.25) is 0 Å². The minimum Gasteiger partial charge on any atom is -0.478 e. The van der Waals surface area contributed by atoms with Crippen LogP contribution in [0.5, 0.6) is 0 Å². The van der Waals surface area contributed by atoms with Crippen LogP contribution in [0.4, 0.5) is 22.7 Å². The lowest BCUT2D eigenvalue weighted by molar-refractivity contribution is 0.0640. The van der Waals surface area contributed by atoms with Gasteiger partial charge in [-0.3, -0.25) is 19.4 Å². The lowest BCUT2D eigenvalue weighted by Gasteiger charge is -2.07. The van der Waals surface area contributed by atoms with Gasteiger partial charge in [0.25, 0.3) is 0 Å². The normalized spacial score (nSPS) is 9.83. The average molecular weight is 645 g/mol. The number of carbonyl (C=O) groups is 4. The van der Waals surface area contributed by atoms with Gasteiger partial charge in [-0.2, -0.15) is 0 Å². The second-order valence-electron chi connectivity index (χ2n) is 10.0. The Kier molecular flexibility index (Phi) is 11.8. The predicted molar refractivity (Wildman–Crippen MR) is 170 cm³/mol. The number of carboxylic acid groups (broad SMARTS) is 4. The van der Waals surface area contributed by atoms with Gasteiger partial charge in [-0.25, -0.2) is 24.2 Å². The zero-order valence-corrected chi connectivity index (χ0v) is 24.9. The molecule has 0 aliphatic heterocycles. The Balaban J connectivity index is 0.000000261. The molecular weight excluding hydrogens is 620 g/mol. The molecule has 4 rings (SSSR count). The van der Waals surface area contributed by atoms with Crippen molar-refractivity contribution in [1.29, 1.82) is 0 Å². The molecular formula is C34H24N6O8. The molecule has 0 aliphatic rings. The summed E-state index contributed by atoms with van der Waals surface area (Å²) < 4.78 is 1.32. The molecule has 1 heterocycles. The molecule has 0 unspecified atom stereocenters. The average Bonchev–Trinajstić information content (AvgIpc) is 3.51. The summed E-state index contributed by atoms with van der Waals surface area (Å²) in [7, 11) is 0. The fourth-order valence-electron chi connectivity index (χ4n) is 4.59. The number of carboxylic acids is 4. The number of hydrogen-bond acceptors (Lipinski definition) is 5. The zero-order chi connectivity index (χ0) is 35.4. The Labute approximate surface area is 273 Å². The number of unbranched alkanes of at least 4 members (excludes halogenated alkanes) is 1. The highest BCUT2D eigenvalue weighted by molar-refractivity contribution is 5.99. The summed E-state index contributed by atoms with van der Waals surface area (Å²) in [5, 5.41) is 36.2. The number of imidazole rings is 1. The highest BCUT2D eigenvalue weighted by Gasteiger charge is 2.22. The number of nitrogens with zero attached hydrogens (tertiary/aromatic N) is 6. The lowest BCUT2D eigenvalue weighted by Crippen LogP contribution is -2.13. The first-order chi connectivity index (χ1) is 22.9. The van der Waals surface area contributed by atoms with Crippen LogP contribution in [0.25, 0.3) is 19.4 Å². The summed E-state index contributed by atoms with van der Waals surface area (Å²) >= 11 is 0. The van der Waals surface area contributed by atoms with Crippen molar-refractivity contribution in [3.05, 3.63) is 146 Å². The van der Waals surface area contributed by atoms with Gasteiger partial charge in [0.2, 0.25) is 0 Å². The molecule has 14 heteroatoms. The number of aromatic nitrogens is 2. The third-order valence-electron chi connectivity index (χ3n) is 6.81. The monoisotopic (exact) mass is 644 g/mol. The van der Waals surface area contributed by atoms with E-state index in [1.807, 2.05) is 0 Å². The summed E-state index contributed by atoms with van der Waals surface area (Å²) in [6.45, 7) is 28.5. The van der Waals surface area contributed by atoms with Gasteiger partial charge < -0.3 is 25.0 Å². The molecule has 0 saturated heterocycles. The maximum Gasteiger partial charge on any atom is 0.357 e. The molecule has 4 N–H and O–H groups in total. The molecule has 4 aromatic rings. The molecule has 238 valence electrons. The summed E-state index contributed by atoms with van der Waals surface area (Å²) in [4.78, 5) is 61.2. The number of benzene rings is 3. The first-order valence-electron chi connectivity index (χ1n) is 13.8. The third-order valence-corrected chi connectivity index (χ3v) is 6.81. The molecule has 1 aromatic heterocycles. The van der Waals surface area contributed by atoms with Gasteiger partial charge in [-0.05, 0) is 49.4 Å². The van der Waals surface area contributed by atoms with Crippen LogP contribution < -0.4 is 0 Å². The van der Waals surface area contributed by atoms with E-state index in [-0.39, 0.29) is 34.6 Å². The molecule has 0 fully saturated rings. The largest absolute Gasteiger partial charge is 0.478 e. The number of rotatable bonds is 11. The van der Waals surface area contributed by atoms with Crippen molar-refractivity contribution in [2.24, 2.45) is 0 Å². The second-order valence-corrected chi connectivity index (χ2v) is 10.0. The summed E-state index contributed by atoms with van der Waals surface area (Å²) in [6.07, 6.45) is 3.49. The van der Waals surface area contributed by atoms with Crippen LogP contribution in [-0.2, 0) is 19.4 Å². The van der Waals surface area contributed by atoms with Gasteiger partial charge in [0.1, 0.15) is 0 Å². The van der Waals surface area contributed by atoms with Gasteiger partial charge in [-0.15, -0.1) is 0 Å². The molecule has 14 nitrogen and oxygen atoms in total. The summed E-state index contributed by atoms with van der Waals surface area (Å²) in [6, 6.07) is 13.7. The minimum atomic E-state index is -1.37. The summed E-state index contributed by atoms with van der Waals surface area (Å²) in [5.74, 6) is -5.12. The van der Waals surface area contributed by atoms with Crippen LogP contribution in [0, 0.1) is 26.3 Å². The minimum absolute atomic E-state index is 0.108. The van der Waals surface area contributed by atoms with Gasteiger partial charge in [-0.1, -0.05) is 47.5 Å². The Hall–Kier alpha value is -7.29. The third kappa shape index (κ3) is 8.89. The van der Waals surface area contributed by atoms with E-state index in [1.54, 1.807) is 30.3 Å². The number of aryl methyl sites for hydroxylation is 2. The Morgan fingerprint density at radius 3 is 1.60 bits per heavy atom. The van der Waals surface area contributed by atoms with Crippen LogP contribution in [0.1, 0.15) is 71.2 Å². The smallest absolute Gasteiger partial charge is 0.357 e. The Morgan fingerprint density at radius 1 is 0.604 bits per heavy atom. The second kappa shape index (κ2) is 16.1. The molecule has 0 radical (unpaired) electrons. The highest BCUT2D eigenvalue weighted by Crippen LogP contribution is 2.31. The molecule has 48 heavy (non-hydrogen) atoms. The van der Waals surface area contributed by atoms with Crippen molar-refractivity contribution in [3.8, 4) is 0 Å². The van der Waals surface area contributed by atoms with E-state index in [9.17, 15) is 19.2 Å². The van der Waals surface area contributed by atoms with Crippen LogP contribution in [0.3, 0.4) is 0 Å². The fourth-order valence-corrected chi connectivity index (χ4v) is 4.59. The maximum atomic E-state index is 11.2.